The summed E-state index contributed by atoms with van der Waals surface area (Å²) in [6.45, 7) is 7.12. The maximum absolute atomic E-state index is 8.69. The predicted molar refractivity (Wildman–Crippen MR) is 74.1 cm³/mol. The molecule has 0 spiro atoms. The molecule has 0 aromatic heterocycles. The van der Waals surface area contributed by atoms with Crippen molar-refractivity contribution < 1.29 is 5.21 Å². The Bertz CT molecular complexity index is 405. The lowest BCUT2D eigenvalue weighted by Crippen LogP contribution is -2.34. The molecule has 3 heteroatoms. The smallest absolute Gasteiger partial charge is 0.0596 e. The van der Waals surface area contributed by atoms with Crippen molar-refractivity contribution in [2.24, 2.45) is 5.16 Å². The van der Waals surface area contributed by atoms with Gasteiger partial charge >= 0.3 is 0 Å². The van der Waals surface area contributed by atoms with Gasteiger partial charge in [0.15, 0.2) is 0 Å². The summed E-state index contributed by atoms with van der Waals surface area (Å²) in [7, 11) is 0. The highest BCUT2D eigenvalue weighted by Crippen LogP contribution is 2.10. The topological polar surface area (TPSA) is 35.8 Å². The minimum Gasteiger partial charge on any atom is -0.411 e. The zero-order valence-corrected chi connectivity index (χ0v) is 10.8. The molecule has 1 aliphatic heterocycles. The Kier molecular flexibility index (Phi) is 4.76. The molecule has 18 heavy (non-hydrogen) atoms. The Morgan fingerprint density at radius 1 is 1.28 bits per heavy atom. The van der Waals surface area contributed by atoms with Gasteiger partial charge in [-0.2, -0.15) is 0 Å². The summed E-state index contributed by atoms with van der Waals surface area (Å²) >= 11 is 0. The van der Waals surface area contributed by atoms with Gasteiger partial charge in [-0.3, -0.25) is 0 Å². The van der Waals surface area contributed by atoms with Gasteiger partial charge in [0.05, 0.1) is 5.71 Å². The third-order valence-corrected chi connectivity index (χ3v) is 3.51. The Balaban J connectivity index is 1.70. The second-order valence-electron chi connectivity index (χ2n) is 4.93. The molecule has 1 heterocycles. The minimum atomic E-state index is 0.908. The minimum absolute atomic E-state index is 0.908. The van der Waals surface area contributed by atoms with E-state index in [2.05, 4.69) is 35.2 Å². The number of nitrogens with zero attached hydrogens (tertiary/aromatic N) is 2. The molecular formula is C15H21N2O. The Morgan fingerprint density at radius 3 is 2.72 bits per heavy atom. The number of likely N-dealkylation sites (tertiary alicyclic amines) is 1. The molecule has 0 amide bonds. The van der Waals surface area contributed by atoms with Crippen molar-refractivity contribution in [2.75, 3.05) is 19.6 Å². The maximum Gasteiger partial charge on any atom is 0.0596 e. The van der Waals surface area contributed by atoms with Gasteiger partial charge in [0.25, 0.3) is 0 Å². The highest BCUT2D eigenvalue weighted by atomic mass is 16.4. The fourth-order valence-electron chi connectivity index (χ4n) is 2.43. The van der Waals surface area contributed by atoms with E-state index in [1.807, 2.05) is 6.07 Å². The summed E-state index contributed by atoms with van der Waals surface area (Å²) in [6, 6.07) is 8.43. The van der Waals surface area contributed by atoms with Crippen LogP contribution in [0.25, 0.3) is 0 Å². The van der Waals surface area contributed by atoms with Crippen molar-refractivity contribution in [1.82, 2.24) is 4.90 Å². The summed E-state index contributed by atoms with van der Waals surface area (Å²) in [5, 5.41) is 12.0. The molecule has 0 bridgehead atoms. The van der Waals surface area contributed by atoms with Crippen LogP contribution < -0.4 is 0 Å². The molecule has 1 fully saturated rings. The normalized spacial score (nSPS) is 16.8. The van der Waals surface area contributed by atoms with Crippen LogP contribution in [0.2, 0.25) is 0 Å². The van der Waals surface area contributed by atoms with Crippen molar-refractivity contribution in [3.63, 3.8) is 0 Å². The van der Waals surface area contributed by atoms with Crippen molar-refractivity contribution >= 4 is 5.71 Å². The van der Waals surface area contributed by atoms with Crippen LogP contribution in [0.5, 0.6) is 0 Å². The molecule has 3 nitrogen and oxygen atoms in total. The fraction of sp³-hybridized carbons (Fsp3) is 0.467. The van der Waals surface area contributed by atoms with Crippen LogP contribution in [0.15, 0.2) is 29.4 Å². The molecule has 1 N–H and O–H groups in total. The maximum atomic E-state index is 8.69. The molecule has 97 valence electrons. The van der Waals surface area contributed by atoms with Gasteiger partial charge in [0.2, 0.25) is 0 Å². The molecule has 1 aliphatic rings. The molecule has 1 aromatic rings. The van der Waals surface area contributed by atoms with E-state index in [0.29, 0.717) is 0 Å². The van der Waals surface area contributed by atoms with Crippen molar-refractivity contribution in [3.8, 4) is 0 Å². The highest BCUT2D eigenvalue weighted by molar-refractivity contribution is 5.84. The number of hydrogen-bond acceptors (Lipinski definition) is 3. The van der Waals surface area contributed by atoms with Gasteiger partial charge in [0, 0.05) is 25.9 Å². The highest BCUT2D eigenvalue weighted by Gasteiger charge is 2.14. The van der Waals surface area contributed by atoms with Crippen LogP contribution in [-0.4, -0.2) is 35.5 Å². The zero-order chi connectivity index (χ0) is 12.8. The molecule has 2 rings (SSSR count). The monoisotopic (exact) mass is 245 g/mol. The third-order valence-electron chi connectivity index (χ3n) is 3.51. The van der Waals surface area contributed by atoms with Gasteiger partial charge in [-0.15, -0.1) is 0 Å². The SMILES string of the molecule is [CH2]c1cccc(CCCN2CCC(=NO)CC2)c1. The van der Waals surface area contributed by atoms with Crippen LogP contribution in [0.3, 0.4) is 0 Å². The van der Waals surface area contributed by atoms with Gasteiger partial charge in [-0.1, -0.05) is 29.4 Å². The average molecular weight is 245 g/mol. The van der Waals surface area contributed by atoms with E-state index in [4.69, 9.17) is 5.21 Å². The third kappa shape index (κ3) is 3.84. The van der Waals surface area contributed by atoms with E-state index in [9.17, 15) is 0 Å². The molecular weight excluding hydrogens is 224 g/mol. The first-order chi connectivity index (χ1) is 8.78. The quantitative estimate of drug-likeness (QED) is 0.654. The van der Waals surface area contributed by atoms with E-state index >= 15 is 0 Å². The van der Waals surface area contributed by atoms with Crippen molar-refractivity contribution in [3.05, 3.63) is 42.3 Å². The van der Waals surface area contributed by atoms with Crippen LogP contribution in [0.1, 0.15) is 30.4 Å². The molecule has 1 saturated heterocycles. The first-order valence-electron chi connectivity index (χ1n) is 6.61. The summed E-state index contributed by atoms with van der Waals surface area (Å²) in [5.41, 5.74) is 3.40. The van der Waals surface area contributed by atoms with Gasteiger partial charge < -0.3 is 10.1 Å². The molecule has 1 radical (unpaired) electrons. The summed E-state index contributed by atoms with van der Waals surface area (Å²) in [4.78, 5) is 2.45. The Hall–Kier alpha value is -1.35. The summed E-state index contributed by atoms with van der Waals surface area (Å²) in [6.07, 6.45) is 4.10. The lowest BCUT2D eigenvalue weighted by Gasteiger charge is -2.26. The molecule has 0 atom stereocenters. The van der Waals surface area contributed by atoms with Crippen molar-refractivity contribution in [2.45, 2.75) is 25.7 Å². The second-order valence-corrected chi connectivity index (χ2v) is 4.93. The lowest BCUT2D eigenvalue weighted by atomic mass is 10.1. The first-order valence-corrected chi connectivity index (χ1v) is 6.61. The Labute approximate surface area is 109 Å². The van der Waals surface area contributed by atoms with E-state index < -0.39 is 0 Å². The zero-order valence-electron chi connectivity index (χ0n) is 10.8. The fourth-order valence-corrected chi connectivity index (χ4v) is 2.43. The van der Waals surface area contributed by atoms with E-state index in [0.717, 1.165) is 50.2 Å². The average Bonchev–Trinajstić information content (AvgIpc) is 2.40. The van der Waals surface area contributed by atoms with Gasteiger partial charge in [-0.05, 0) is 37.4 Å². The van der Waals surface area contributed by atoms with Gasteiger partial charge in [0.1, 0.15) is 0 Å². The van der Waals surface area contributed by atoms with E-state index in [-0.39, 0.29) is 0 Å². The van der Waals surface area contributed by atoms with Crippen LogP contribution in [0, 0.1) is 6.92 Å². The molecule has 0 unspecified atom stereocenters. The van der Waals surface area contributed by atoms with Crippen molar-refractivity contribution in [1.29, 1.82) is 0 Å². The first kappa shape index (κ1) is 13.1. The predicted octanol–water partition coefficient (Wildman–Crippen LogP) is 2.73. The number of oxime groups is 1. The lowest BCUT2D eigenvalue weighted by molar-refractivity contribution is 0.260. The molecule has 0 aliphatic carbocycles. The van der Waals surface area contributed by atoms with Gasteiger partial charge in [-0.25, -0.2) is 0 Å². The number of aryl methyl sites for hydroxylation is 1. The number of hydrogen-bond donors (Lipinski definition) is 1. The standard InChI is InChI=1S/C15H21N2O/c1-13-4-2-5-14(12-13)6-3-9-17-10-7-15(16-18)8-11-17/h2,4-5,12,18H,1,3,6-11H2. The van der Waals surface area contributed by atoms with E-state index in [1.165, 1.54) is 12.0 Å². The van der Waals surface area contributed by atoms with E-state index in [1.54, 1.807) is 0 Å². The number of piperidine rings is 1. The van der Waals surface area contributed by atoms with Crippen LogP contribution in [0.4, 0.5) is 0 Å². The Morgan fingerprint density at radius 2 is 2.06 bits per heavy atom. The summed E-state index contributed by atoms with van der Waals surface area (Å²) in [5.74, 6) is 0. The molecule has 0 saturated carbocycles. The van der Waals surface area contributed by atoms with Crippen LogP contribution in [-0.2, 0) is 6.42 Å². The second kappa shape index (κ2) is 6.55. The summed E-state index contributed by atoms with van der Waals surface area (Å²) < 4.78 is 0. The number of rotatable bonds is 4. The van der Waals surface area contributed by atoms with Crippen LogP contribution >= 0.6 is 0 Å². The number of benzene rings is 1. The largest absolute Gasteiger partial charge is 0.411 e. The molecule has 1 aromatic carbocycles.